The number of nitrogens with one attached hydrogen (secondary N) is 2. The van der Waals surface area contributed by atoms with Crippen molar-refractivity contribution in [3.05, 3.63) is 64.1 Å². The lowest BCUT2D eigenvalue weighted by atomic mass is 10.0. The molecule has 1 aromatic heterocycles. The molecule has 3 rings (SSSR count). The molecule has 0 aliphatic rings. The molecule has 0 radical (unpaired) electrons. The molecule has 0 saturated heterocycles. The SMILES string of the molecule is COc1ccc(NC(=O)Nc2nnc(C(C)c3ccccc3)s2)cc1Cl. The van der Waals surface area contributed by atoms with Crippen LogP contribution in [0.15, 0.2) is 48.5 Å². The van der Waals surface area contributed by atoms with Crippen LogP contribution >= 0.6 is 22.9 Å². The molecule has 2 aromatic carbocycles. The average Bonchev–Trinajstić information content (AvgIpc) is 3.10. The Morgan fingerprint density at radius 3 is 2.62 bits per heavy atom. The normalized spacial score (nSPS) is 11.7. The fraction of sp³-hybridized carbons (Fsp3) is 0.167. The van der Waals surface area contributed by atoms with Crippen LogP contribution in [0.5, 0.6) is 5.75 Å². The van der Waals surface area contributed by atoms with Gasteiger partial charge in [-0.3, -0.25) is 5.32 Å². The Bertz CT molecular complexity index is 901. The number of amides is 2. The van der Waals surface area contributed by atoms with E-state index in [1.165, 1.54) is 18.4 Å². The number of hydrogen-bond donors (Lipinski definition) is 2. The Morgan fingerprint density at radius 1 is 1.15 bits per heavy atom. The van der Waals surface area contributed by atoms with Crippen LogP contribution in [0.4, 0.5) is 15.6 Å². The number of nitrogens with zero attached hydrogens (tertiary/aromatic N) is 2. The number of aromatic nitrogens is 2. The van der Waals surface area contributed by atoms with Crippen LogP contribution in [0, 0.1) is 0 Å². The molecule has 0 aliphatic heterocycles. The molecule has 0 saturated carbocycles. The van der Waals surface area contributed by atoms with Gasteiger partial charge < -0.3 is 10.1 Å². The summed E-state index contributed by atoms with van der Waals surface area (Å²) in [4.78, 5) is 12.1. The number of methoxy groups -OCH3 is 1. The number of carbonyl (C=O) groups is 1. The zero-order valence-corrected chi connectivity index (χ0v) is 15.8. The van der Waals surface area contributed by atoms with E-state index in [2.05, 4.69) is 27.8 Å². The van der Waals surface area contributed by atoms with E-state index in [1.54, 1.807) is 18.2 Å². The number of carbonyl (C=O) groups excluding carboxylic acids is 1. The molecule has 0 bridgehead atoms. The Balaban J connectivity index is 1.63. The molecule has 2 N–H and O–H groups in total. The quantitative estimate of drug-likeness (QED) is 0.645. The van der Waals surface area contributed by atoms with Gasteiger partial charge >= 0.3 is 6.03 Å². The number of halogens is 1. The third-order valence-electron chi connectivity index (χ3n) is 3.74. The van der Waals surface area contributed by atoms with Crippen molar-refractivity contribution in [1.29, 1.82) is 0 Å². The number of hydrogen-bond acceptors (Lipinski definition) is 5. The maximum atomic E-state index is 12.1. The summed E-state index contributed by atoms with van der Waals surface area (Å²) in [5.41, 5.74) is 1.70. The van der Waals surface area contributed by atoms with E-state index in [4.69, 9.17) is 16.3 Å². The summed E-state index contributed by atoms with van der Waals surface area (Å²) in [7, 11) is 1.53. The third kappa shape index (κ3) is 4.30. The summed E-state index contributed by atoms with van der Waals surface area (Å²) in [5.74, 6) is 0.647. The van der Waals surface area contributed by atoms with Gasteiger partial charge in [-0.05, 0) is 23.8 Å². The molecule has 134 valence electrons. The Morgan fingerprint density at radius 2 is 1.92 bits per heavy atom. The number of ether oxygens (including phenoxy) is 1. The van der Waals surface area contributed by atoms with Gasteiger partial charge in [-0.15, -0.1) is 10.2 Å². The number of anilines is 2. The summed E-state index contributed by atoms with van der Waals surface area (Å²) in [6.45, 7) is 2.05. The highest BCUT2D eigenvalue weighted by Crippen LogP contribution is 2.29. The summed E-state index contributed by atoms with van der Waals surface area (Å²) in [5, 5.41) is 15.3. The lowest BCUT2D eigenvalue weighted by molar-refractivity contribution is 0.262. The lowest BCUT2D eigenvalue weighted by Gasteiger charge is -2.08. The zero-order chi connectivity index (χ0) is 18.5. The molecule has 0 spiro atoms. The van der Waals surface area contributed by atoms with Crippen LogP contribution in [-0.4, -0.2) is 23.3 Å². The standard InChI is InChI=1S/C18H17ClN4O2S/c1-11(12-6-4-3-5-7-12)16-22-23-18(26-16)21-17(24)20-13-8-9-15(25-2)14(19)10-13/h3-11H,1-2H3,(H2,20,21,23,24). The molecule has 2 amide bonds. The summed E-state index contributed by atoms with van der Waals surface area (Å²) < 4.78 is 5.09. The van der Waals surface area contributed by atoms with E-state index in [1.807, 2.05) is 30.3 Å². The van der Waals surface area contributed by atoms with Crippen LogP contribution in [0.3, 0.4) is 0 Å². The van der Waals surface area contributed by atoms with Crippen LogP contribution in [-0.2, 0) is 0 Å². The summed E-state index contributed by atoms with van der Waals surface area (Å²) in [6, 6.07) is 14.6. The van der Waals surface area contributed by atoms with Crippen LogP contribution in [0.25, 0.3) is 0 Å². The minimum absolute atomic E-state index is 0.104. The van der Waals surface area contributed by atoms with E-state index < -0.39 is 6.03 Å². The maximum absolute atomic E-state index is 12.1. The third-order valence-corrected chi connectivity index (χ3v) is 5.06. The van der Waals surface area contributed by atoms with E-state index in [9.17, 15) is 4.79 Å². The summed E-state index contributed by atoms with van der Waals surface area (Å²) >= 11 is 7.40. The molecule has 0 fully saturated rings. The second-order valence-corrected chi connectivity index (χ2v) is 6.92. The minimum atomic E-state index is -0.415. The number of benzene rings is 2. The van der Waals surface area contributed by atoms with Gasteiger partial charge in [0.25, 0.3) is 0 Å². The molecule has 0 aliphatic carbocycles. The highest BCUT2D eigenvalue weighted by Gasteiger charge is 2.15. The molecule has 1 heterocycles. The largest absolute Gasteiger partial charge is 0.495 e. The van der Waals surface area contributed by atoms with Crippen molar-refractivity contribution >= 4 is 39.8 Å². The molecule has 26 heavy (non-hydrogen) atoms. The summed E-state index contributed by atoms with van der Waals surface area (Å²) in [6.07, 6.45) is 0. The van der Waals surface area contributed by atoms with Crippen molar-refractivity contribution in [2.75, 3.05) is 17.7 Å². The second-order valence-electron chi connectivity index (χ2n) is 5.51. The zero-order valence-electron chi connectivity index (χ0n) is 14.2. The lowest BCUT2D eigenvalue weighted by Crippen LogP contribution is -2.19. The molecule has 3 aromatic rings. The number of rotatable bonds is 5. The van der Waals surface area contributed by atoms with Crippen LogP contribution < -0.4 is 15.4 Å². The van der Waals surface area contributed by atoms with Gasteiger partial charge in [-0.2, -0.15) is 0 Å². The van der Waals surface area contributed by atoms with Crippen molar-refractivity contribution < 1.29 is 9.53 Å². The average molecular weight is 389 g/mol. The molecule has 1 unspecified atom stereocenters. The molecule has 6 nitrogen and oxygen atoms in total. The van der Waals surface area contributed by atoms with Crippen molar-refractivity contribution in [2.45, 2.75) is 12.8 Å². The molecule has 8 heteroatoms. The maximum Gasteiger partial charge on any atom is 0.325 e. The Kier molecular flexibility index (Phi) is 5.70. The highest BCUT2D eigenvalue weighted by molar-refractivity contribution is 7.15. The van der Waals surface area contributed by atoms with Gasteiger partial charge in [0.2, 0.25) is 5.13 Å². The second kappa shape index (κ2) is 8.16. The first-order chi connectivity index (χ1) is 12.6. The monoisotopic (exact) mass is 388 g/mol. The van der Waals surface area contributed by atoms with E-state index in [-0.39, 0.29) is 5.92 Å². The van der Waals surface area contributed by atoms with Crippen molar-refractivity contribution in [3.8, 4) is 5.75 Å². The van der Waals surface area contributed by atoms with Gasteiger partial charge in [-0.25, -0.2) is 4.79 Å². The fourth-order valence-electron chi connectivity index (χ4n) is 2.35. The Hall–Kier alpha value is -2.64. The molecular weight excluding hydrogens is 372 g/mol. The highest BCUT2D eigenvalue weighted by atomic mass is 35.5. The van der Waals surface area contributed by atoms with Gasteiger partial charge in [-0.1, -0.05) is 60.2 Å². The topological polar surface area (TPSA) is 76.1 Å². The van der Waals surface area contributed by atoms with Crippen LogP contribution in [0.2, 0.25) is 5.02 Å². The first kappa shape index (κ1) is 18.2. The van der Waals surface area contributed by atoms with Crippen molar-refractivity contribution in [3.63, 3.8) is 0 Å². The van der Waals surface area contributed by atoms with E-state index >= 15 is 0 Å². The predicted molar refractivity (Wildman–Crippen MR) is 105 cm³/mol. The smallest absolute Gasteiger partial charge is 0.325 e. The van der Waals surface area contributed by atoms with Crippen molar-refractivity contribution in [1.82, 2.24) is 10.2 Å². The number of urea groups is 1. The first-order valence-corrected chi connectivity index (χ1v) is 9.06. The van der Waals surface area contributed by atoms with Gasteiger partial charge in [0.15, 0.2) is 0 Å². The van der Waals surface area contributed by atoms with Gasteiger partial charge in [0.1, 0.15) is 10.8 Å². The molecular formula is C18H17ClN4O2S. The Labute approximate surface area is 160 Å². The molecule has 1 atom stereocenters. The fourth-order valence-corrected chi connectivity index (χ4v) is 3.42. The van der Waals surface area contributed by atoms with Gasteiger partial charge in [0.05, 0.1) is 12.1 Å². The van der Waals surface area contributed by atoms with Crippen LogP contribution in [0.1, 0.15) is 23.4 Å². The van der Waals surface area contributed by atoms with Gasteiger partial charge in [0, 0.05) is 11.6 Å². The first-order valence-electron chi connectivity index (χ1n) is 7.86. The minimum Gasteiger partial charge on any atom is -0.495 e. The van der Waals surface area contributed by atoms with E-state index in [0.29, 0.717) is 21.6 Å². The van der Waals surface area contributed by atoms with Crippen molar-refractivity contribution in [2.24, 2.45) is 0 Å². The predicted octanol–water partition coefficient (Wildman–Crippen LogP) is 5.00. The van der Waals surface area contributed by atoms with E-state index in [0.717, 1.165) is 10.6 Å².